The Hall–Kier alpha value is -1.57. The van der Waals surface area contributed by atoms with Crippen LogP contribution in [0.2, 0.25) is 5.02 Å². The Kier molecular flexibility index (Phi) is 3.29. The molecule has 0 fully saturated rings. The molecule has 19 heavy (non-hydrogen) atoms. The van der Waals surface area contributed by atoms with Crippen LogP contribution < -0.4 is 5.73 Å². The van der Waals surface area contributed by atoms with Crippen LogP contribution in [0.3, 0.4) is 0 Å². The Bertz CT molecular complexity index is 730. The number of aromatic nitrogens is 2. The molecule has 1 aromatic carbocycles. The van der Waals surface area contributed by atoms with Gasteiger partial charge in [-0.3, -0.25) is 4.55 Å². The standard InChI is InChI=1S/C11H12ClN3O3S/c1-6-3-8(19(16,17)18)5-9(12)11(6)15-10(13)4-7(2)14-15/h3-5H,13H2,1-2H3,(H,16,17,18). The first-order valence-corrected chi connectivity index (χ1v) is 7.12. The summed E-state index contributed by atoms with van der Waals surface area (Å²) in [5, 5.41) is 4.33. The summed E-state index contributed by atoms with van der Waals surface area (Å²) < 4.78 is 32.7. The molecule has 0 atom stereocenters. The number of nitrogens with zero attached hydrogens (tertiary/aromatic N) is 2. The molecule has 102 valence electrons. The normalized spacial score (nSPS) is 11.8. The summed E-state index contributed by atoms with van der Waals surface area (Å²) in [6.07, 6.45) is 0. The second kappa shape index (κ2) is 4.52. The maximum Gasteiger partial charge on any atom is 0.294 e. The predicted molar refractivity (Wildman–Crippen MR) is 72.3 cm³/mol. The summed E-state index contributed by atoms with van der Waals surface area (Å²) in [5.41, 5.74) is 7.55. The van der Waals surface area contributed by atoms with Crippen LogP contribution >= 0.6 is 11.6 Å². The molecule has 1 aromatic heterocycles. The number of rotatable bonds is 2. The minimum atomic E-state index is -4.30. The molecular weight excluding hydrogens is 290 g/mol. The van der Waals surface area contributed by atoms with Crippen molar-refractivity contribution in [3.05, 3.63) is 34.5 Å². The summed E-state index contributed by atoms with van der Waals surface area (Å²) in [5.74, 6) is 0.391. The van der Waals surface area contributed by atoms with Crippen LogP contribution in [0.1, 0.15) is 11.3 Å². The lowest BCUT2D eigenvalue weighted by Crippen LogP contribution is -2.07. The molecule has 0 spiro atoms. The second-order valence-electron chi connectivity index (χ2n) is 4.17. The van der Waals surface area contributed by atoms with E-state index in [1.807, 2.05) is 0 Å². The van der Waals surface area contributed by atoms with E-state index in [4.69, 9.17) is 21.9 Å². The van der Waals surface area contributed by atoms with Gasteiger partial charge in [0.25, 0.3) is 10.1 Å². The van der Waals surface area contributed by atoms with E-state index in [0.717, 1.165) is 6.07 Å². The second-order valence-corrected chi connectivity index (χ2v) is 6.00. The van der Waals surface area contributed by atoms with Crippen molar-refractivity contribution in [1.29, 1.82) is 0 Å². The van der Waals surface area contributed by atoms with Crippen molar-refractivity contribution in [2.24, 2.45) is 0 Å². The largest absolute Gasteiger partial charge is 0.384 e. The van der Waals surface area contributed by atoms with Gasteiger partial charge in [-0.25, -0.2) is 4.68 Å². The van der Waals surface area contributed by atoms with Gasteiger partial charge >= 0.3 is 0 Å². The number of benzene rings is 1. The Morgan fingerprint density at radius 2 is 1.95 bits per heavy atom. The molecule has 3 N–H and O–H groups in total. The predicted octanol–water partition coefficient (Wildman–Crippen LogP) is 1.97. The summed E-state index contributed by atoms with van der Waals surface area (Å²) in [4.78, 5) is -0.263. The number of halogens is 1. The molecular formula is C11H12ClN3O3S. The molecule has 0 aliphatic heterocycles. The number of anilines is 1. The summed E-state index contributed by atoms with van der Waals surface area (Å²) in [6, 6.07) is 4.15. The Labute approximate surface area is 115 Å². The molecule has 0 saturated heterocycles. The van der Waals surface area contributed by atoms with Gasteiger partial charge in [-0.15, -0.1) is 0 Å². The van der Waals surface area contributed by atoms with E-state index in [0.29, 0.717) is 22.8 Å². The van der Waals surface area contributed by atoms with Gasteiger partial charge in [-0.2, -0.15) is 13.5 Å². The summed E-state index contributed by atoms with van der Waals surface area (Å²) in [7, 11) is -4.30. The molecule has 8 heteroatoms. The van der Waals surface area contributed by atoms with E-state index in [-0.39, 0.29) is 9.92 Å². The van der Waals surface area contributed by atoms with Gasteiger partial charge < -0.3 is 5.73 Å². The van der Waals surface area contributed by atoms with Gasteiger partial charge in [-0.1, -0.05) is 11.6 Å². The SMILES string of the molecule is Cc1cc(N)n(-c2c(C)cc(S(=O)(=O)O)cc2Cl)n1. The molecule has 6 nitrogen and oxygen atoms in total. The van der Waals surface area contributed by atoms with Crippen LogP contribution in [-0.4, -0.2) is 22.8 Å². The Balaban J connectivity index is 2.70. The van der Waals surface area contributed by atoms with Crippen molar-refractivity contribution in [3.63, 3.8) is 0 Å². The van der Waals surface area contributed by atoms with Crippen molar-refractivity contribution >= 4 is 27.5 Å². The highest BCUT2D eigenvalue weighted by Gasteiger charge is 2.17. The van der Waals surface area contributed by atoms with Crippen molar-refractivity contribution in [1.82, 2.24) is 9.78 Å². The fourth-order valence-corrected chi connectivity index (χ4v) is 2.82. The van der Waals surface area contributed by atoms with E-state index in [9.17, 15) is 8.42 Å². The fraction of sp³-hybridized carbons (Fsp3) is 0.182. The summed E-state index contributed by atoms with van der Waals surface area (Å²) in [6.45, 7) is 3.44. The molecule has 0 bridgehead atoms. The quantitative estimate of drug-likeness (QED) is 0.826. The highest BCUT2D eigenvalue weighted by molar-refractivity contribution is 7.85. The van der Waals surface area contributed by atoms with Gasteiger partial charge in [0.15, 0.2) is 0 Å². The zero-order chi connectivity index (χ0) is 14.4. The van der Waals surface area contributed by atoms with Crippen LogP contribution in [0, 0.1) is 13.8 Å². The van der Waals surface area contributed by atoms with Gasteiger partial charge in [-0.05, 0) is 31.5 Å². The zero-order valence-electron chi connectivity index (χ0n) is 10.3. The molecule has 2 aromatic rings. The topological polar surface area (TPSA) is 98.2 Å². The monoisotopic (exact) mass is 301 g/mol. The number of hydrogen-bond donors (Lipinski definition) is 2. The van der Waals surface area contributed by atoms with Crippen LogP contribution in [0.4, 0.5) is 5.82 Å². The zero-order valence-corrected chi connectivity index (χ0v) is 11.8. The fourth-order valence-electron chi connectivity index (χ4n) is 1.82. The van der Waals surface area contributed by atoms with Gasteiger partial charge in [0.05, 0.1) is 21.3 Å². The van der Waals surface area contributed by atoms with Crippen molar-refractivity contribution in [3.8, 4) is 5.69 Å². The molecule has 2 rings (SSSR count). The maximum atomic E-state index is 11.1. The summed E-state index contributed by atoms with van der Waals surface area (Å²) >= 11 is 6.06. The first-order valence-electron chi connectivity index (χ1n) is 5.30. The third kappa shape index (κ3) is 2.58. The highest BCUT2D eigenvalue weighted by atomic mass is 35.5. The van der Waals surface area contributed by atoms with Crippen molar-refractivity contribution in [2.45, 2.75) is 18.7 Å². The number of hydrogen-bond acceptors (Lipinski definition) is 4. The van der Waals surface area contributed by atoms with Crippen molar-refractivity contribution < 1.29 is 13.0 Å². The molecule has 0 amide bonds. The lowest BCUT2D eigenvalue weighted by molar-refractivity contribution is 0.483. The minimum absolute atomic E-state index is 0.141. The highest BCUT2D eigenvalue weighted by Crippen LogP contribution is 2.29. The van der Waals surface area contributed by atoms with Crippen LogP contribution in [0.25, 0.3) is 5.69 Å². The maximum absolute atomic E-state index is 11.1. The molecule has 0 aliphatic rings. The van der Waals surface area contributed by atoms with Gasteiger partial charge in [0.1, 0.15) is 5.82 Å². The molecule has 0 radical (unpaired) electrons. The average Bonchev–Trinajstić information content (AvgIpc) is 2.55. The first-order chi connectivity index (χ1) is 8.70. The van der Waals surface area contributed by atoms with E-state index < -0.39 is 10.1 Å². The number of nitrogen functional groups attached to an aromatic ring is 1. The van der Waals surface area contributed by atoms with Crippen molar-refractivity contribution in [2.75, 3.05) is 5.73 Å². The van der Waals surface area contributed by atoms with Crippen LogP contribution in [0.15, 0.2) is 23.1 Å². The third-order valence-electron chi connectivity index (χ3n) is 2.60. The average molecular weight is 302 g/mol. The number of nitrogens with two attached hydrogens (primary N) is 1. The Morgan fingerprint density at radius 3 is 2.37 bits per heavy atom. The molecule has 0 aliphatic carbocycles. The van der Waals surface area contributed by atoms with E-state index >= 15 is 0 Å². The minimum Gasteiger partial charge on any atom is -0.384 e. The van der Waals surface area contributed by atoms with Gasteiger partial charge in [0, 0.05) is 6.07 Å². The smallest absolute Gasteiger partial charge is 0.294 e. The molecule has 0 unspecified atom stereocenters. The molecule has 1 heterocycles. The van der Waals surface area contributed by atoms with E-state index in [1.165, 1.54) is 10.7 Å². The van der Waals surface area contributed by atoms with E-state index in [1.54, 1.807) is 19.9 Å². The lowest BCUT2D eigenvalue weighted by atomic mass is 10.2. The first kappa shape index (κ1) is 13.9. The van der Waals surface area contributed by atoms with Gasteiger partial charge in [0.2, 0.25) is 0 Å². The van der Waals surface area contributed by atoms with Crippen LogP contribution in [-0.2, 0) is 10.1 Å². The Morgan fingerprint density at radius 1 is 1.32 bits per heavy atom. The van der Waals surface area contributed by atoms with E-state index in [2.05, 4.69) is 5.10 Å². The molecule has 0 saturated carbocycles. The van der Waals surface area contributed by atoms with Crippen LogP contribution in [0.5, 0.6) is 0 Å². The number of aryl methyl sites for hydroxylation is 2. The lowest BCUT2D eigenvalue weighted by Gasteiger charge is -2.11. The third-order valence-corrected chi connectivity index (χ3v) is 3.72.